The van der Waals surface area contributed by atoms with Gasteiger partial charge in [0, 0.05) is 16.7 Å². The van der Waals surface area contributed by atoms with Gasteiger partial charge in [-0.15, -0.1) is 12.4 Å². The normalized spacial score (nSPS) is 11.6. The van der Waals surface area contributed by atoms with Crippen molar-refractivity contribution >= 4 is 24.1 Å². The van der Waals surface area contributed by atoms with Gasteiger partial charge in [0.05, 0.1) is 0 Å². The molecule has 0 aliphatic heterocycles. The van der Waals surface area contributed by atoms with Crippen molar-refractivity contribution in [3.8, 4) is 22.3 Å². The van der Waals surface area contributed by atoms with E-state index in [-0.39, 0.29) is 29.9 Å². The minimum Gasteiger partial charge on any atom is -0.397 e. The van der Waals surface area contributed by atoms with Gasteiger partial charge in [0.25, 0.3) is 0 Å². The van der Waals surface area contributed by atoms with Crippen LogP contribution in [-0.4, -0.2) is 25.9 Å². The van der Waals surface area contributed by atoms with Gasteiger partial charge in [0.2, 0.25) is 0 Å². The highest BCUT2D eigenvalue weighted by atomic mass is 35.5. The maximum Gasteiger partial charge on any atom is 0.170 e. The first-order valence-corrected chi connectivity index (χ1v) is 8.78. The van der Waals surface area contributed by atoms with Gasteiger partial charge >= 0.3 is 0 Å². The Bertz CT molecular complexity index is 1050. The van der Waals surface area contributed by atoms with E-state index in [0.717, 1.165) is 22.3 Å². The Kier molecular flexibility index (Phi) is 7.77. The largest absolute Gasteiger partial charge is 0.397 e. The summed E-state index contributed by atoms with van der Waals surface area (Å²) in [5.74, 6) is 0.216. The van der Waals surface area contributed by atoms with E-state index in [9.17, 15) is 4.39 Å². The van der Waals surface area contributed by atoms with E-state index in [1.54, 1.807) is 30.3 Å². The first kappa shape index (κ1) is 22.7. The number of benzene rings is 3. The highest BCUT2D eigenvalue weighted by Gasteiger charge is 2.09. The Morgan fingerprint density at radius 3 is 1.57 bits per heavy atom. The summed E-state index contributed by atoms with van der Waals surface area (Å²) in [5.41, 5.74) is 15.9. The Morgan fingerprint density at radius 1 is 0.700 bits per heavy atom. The van der Waals surface area contributed by atoms with Gasteiger partial charge in [-0.2, -0.15) is 0 Å². The molecule has 156 valence electrons. The van der Waals surface area contributed by atoms with Crippen LogP contribution in [0.4, 0.5) is 4.39 Å². The van der Waals surface area contributed by atoms with Crippen molar-refractivity contribution in [3.63, 3.8) is 0 Å². The molecule has 4 N–H and O–H groups in total. The molecular formula is C22H22ClFN4O2. The lowest BCUT2D eigenvalue weighted by atomic mass is 9.98. The van der Waals surface area contributed by atoms with Gasteiger partial charge in [-0.3, -0.25) is 0 Å². The monoisotopic (exact) mass is 428 g/mol. The van der Waals surface area contributed by atoms with Crippen LogP contribution >= 0.6 is 12.4 Å². The van der Waals surface area contributed by atoms with Crippen molar-refractivity contribution in [1.29, 1.82) is 0 Å². The second-order valence-corrected chi connectivity index (χ2v) is 6.17. The molecule has 30 heavy (non-hydrogen) atoms. The first-order chi connectivity index (χ1) is 14.0. The summed E-state index contributed by atoms with van der Waals surface area (Å²) in [6, 6.07) is 19.6. The molecular weight excluding hydrogens is 407 g/mol. The molecule has 0 atom stereocenters. The third kappa shape index (κ3) is 5.07. The van der Waals surface area contributed by atoms with E-state index in [2.05, 4.69) is 20.0 Å². The fourth-order valence-electron chi connectivity index (χ4n) is 2.88. The van der Waals surface area contributed by atoms with Gasteiger partial charge < -0.3 is 21.1 Å². The van der Waals surface area contributed by atoms with Crippen LogP contribution in [0.15, 0.2) is 77.0 Å². The lowest BCUT2D eigenvalue weighted by Crippen LogP contribution is -2.13. The highest BCUT2D eigenvalue weighted by molar-refractivity contribution is 5.98. The standard InChI is InChI=1S/C22H21FN4O2.ClH/c1-28-26-21(24)16-7-3-14(4-8-16)18-11-12-19(20(23)13-18)15-5-9-17(10-6-15)22(25)27-29-2;/h3-13H,1-2H3,(H2,24,26)(H2,25,27);1H. The van der Waals surface area contributed by atoms with Crippen LogP contribution in [0, 0.1) is 5.82 Å². The van der Waals surface area contributed by atoms with E-state index in [0.29, 0.717) is 11.1 Å². The number of rotatable bonds is 6. The Balaban J connectivity index is 0.00000320. The highest BCUT2D eigenvalue weighted by Crippen LogP contribution is 2.28. The number of halogens is 2. The average Bonchev–Trinajstić information content (AvgIpc) is 2.74. The molecule has 3 rings (SSSR count). The number of oxime groups is 2. The molecule has 0 saturated heterocycles. The summed E-state index contributed by atoms with van der Waals surface area (Å²) in [6.45, 7) is 0. The Hall–Kier alpha value is -3.58. The number of nitrogens with zero attached hydrogens (tertiary/aromatic N) is 2. The van der Waals surface area contributed by atoms with Crippen LogP contribution in [-0.2, 0) is 9.68 Å². The maximum absolute atomic E-state index is 14.8. The van der Waals surface area contributed by atoms with Crippen LogP contribution in [0.2, 0.25) is 0 Å². The minimum atomic E-state index is -0.321. The quantitative estimate of drug-likeness (QED) is 0.351. The number of hydrogen-bond donors (Lipinski definition) is 2. The van der Waals surface area contributed by atoms with E-state index < -0.39 is 0 Å². The van der Waals surface area contributed by atoms with Crippen LogP contribution < -0.4 is 11.5 Å². The number of nitrogens with two attached hydrogens (primary N) is 2. The third-order valence-electron chi connectivity index (χ3n) is 4.35. The number of amidine groups is 2. The second-order valence-electron chi connectivity index (χ2n) is 6.17. The summed E-state index contributed by atoms with van der Waals surface area (Å²) in [5, 5.41) is 7.38. The van der Waals surface area contributed by atoms with E-state index in [4.69, 9.17) is 11.5 Å². The molecule has 3 aromatic carbocycles. The molecule has 0 unspecified atom stereocenters. The molecule has 0 amide bonds. The van der Waals surface area contributed by atoms with Gasteiger partial charge in [-0.25, -0.2) is 4.39 Å². The van der Waals surface area contributed by atoms with Crippen molar-refractivity contribution in [2.75, 3.05) is 14.2 Å². The summed E-state index contributed by atoms with van der Waals surface area (Å²) in [6.07, 6.45) is 0. The zero-order chi connectivity index (χ0) is 20.8. The van der Waals surface area contributed by atoms with E-state index in [1.165, 1.54) is 20.3 Å². The summed E-state index contributed by atoms with van der Waals surface area (Å²) < 4.78 is 14.8. The summed E-state index contributed by atoms with van der Waals surface area (Å²) in [7, 11) is 2.86. The van der Waals surface area contributed by atoms with Gasteiger partial charge in [0.1, 0.15) is 20.0 Å². The fraction of sp³-hybridized carbons (Fsp3) is 0.0909. The predicted octanol–water partition coefficient (Wildman–Crippen LogP) is 4.11. The maximum atomic E-state index is 14.8. The minimum absolute atomic E-state index is 0. The van der Waals surface area contributed by atoms with Crippen molar-refractivity contribution in [3.05, 3.63) is 83.7 Å². The van der Waals surface area contributed by atoms with Crippen LogP contribution in [0.5, 0.6) is 0 Å². The topological polar surface area (TPSA) is 95.2 Å². The zero-order valence-corrected chi connectivity index (χ0v) is 17.3. The zero-order valence-electron chi connectivity index (χ0n) is 16.5. The fourth-order valence-corrected chi connectivity index (χ4v) is 2.88. The Morgan fingerprint density at radius 2 is 1.13 bits per heavy atom. The molecule has 0 bridgehead atoms. The lowest BCUT2D eigenvalue weighted by molar-refractivity contribution is 0.213. The van der Waals surface area contributed by atoms with Crippen molar-refractivity contribution in [1.82, 2.24) is 0 Å². The molecule has 6 nitrogen and oxygen atoms in total. The lowest BCUT2D eigenvalue weighted by Gasteiger charge is -2.09. The average molecular weight is 429 g/mol. The van der Waals surface area contributed by atoms with Crippen LogP contribution in [0.3, 0.4) is 0 Å². The van der Waals surface area contributed by atoms with Gasteiger partial charge in [0.15, 0.2) is 11.7 Å². The van der Waals surface area contributed by atoms with Gasteiger partial charge in [-0.05, 0) is 22.8 Å². The molecule has 3 aromatic rings. The summed E-state index contributed by atoms with van der Waals surface area (Å²) >= 11 is 0. The summed E-state index contributed by atoms with van der Waals surface area (Å²) in [4.78, 5) is 9.33. The first-order valence-electron chi connectivity index (χ1n) is 8.78. The van der Waals surface area contributed by atoms with Crippen molar-refractivity contribution < 1.29 is 14.1 Å². The van der Waals surface area contributed by atoms with Crippen molar-refractivity contribution in [2.45, 2.75) is 0 Å². The second kappa shape index (κ2) is 10.3. The molecule has 0 aliphatic rings. The molecule has 0 saturated carbocycles. The molecule has 0 spiro atoms. The van der Waals surface area contributed by atoms with Gasteiger partial charge in [-0.1, -0.05) is 71.0 Å². The molecule has 0 aliphatic carbocycles. The predicted molar refractivity (Wildman–Crippen MR) is 120 cm³/mol. The SMILES string of the molecule is CO/N=C(/N)c1ccc(-c2ccc(-c3ccc(/C(N)=N\OC)cc3)c(F)c2)cc1.Cl. The van der Waals surface area contributed by atoms with Crippen LogP contribution in [0.25, 0.3) is 22.3 Å². The van der Waals surface area contributed by atoms with E-state index >= 15 is 0 Å². The number of hydrogen-bond acceptors (Lipinski definition) is 4. The van der Waals surface area contributed by atoms with Crippen LogP contribution in [0.1, 0.15) is 11.1 Å². The molecule has 0 aromatic heterocycles. The Labute approximate surface area is 180 Å². The molecule has 0 heterocycles. The van der Waals surface area contributed by atoms with Crippen molar-refractivity contribution in [2.24, 2.45) is 21.8 Å². The third-order valence-corrected chi connectivity index (χ3v) is 4.35. The van der Waals surface area contributed by atoms with E-state index in [1.807, 2.05) is 30.3 Å². The molecule has 8 heteroatoms. The molecule has 0 fully saturated rings. The smallest absolute Gasteiger partial charge is 0.170 e. The molecule has 0 radical (unpaired) electrons.